The molecular formula is C24H32F7N7O2. The van der Waals surface area contributed by atoms with Crippen molar-refractivity contribution >= 4 is 22.8 Å². The van der Waals surface area contributed by atoms with Crippen molar-refractivity contribution in [2.45, 2.75) is 76.6 Å². The molecule has 0 saturated heterocycles. The van der Waals surface area contributed by atoms with Crippen LogP contribution in [0.25, 0.3) is 11.0 Å². The van der Waals surface area contributed by atoms with Gasteiger partial charge in [0.25, 0.3) is 12.3 Å². The summed E-state index contributed by atoms with van der Waals surface area (Å²) in [5.41, 5.74) is 6.66. The molecule has 7 N–H and O–H groups in total. The third-order valence-electron chi connectivity index (χ3n) is 5.76. The number of hydrazine groups is 1. The average molecular weight is 584 g/mol. The summed E-state index contributed by atoms with van der Waals surface area (Å²) < 4.78 is 85.7. The predicted octanol–water partition coefficient (Wildman–Crippen LogP) is 3.96. The summed E-state index contributed by atoms with van der Waals surface area (Å²) in [6, 6.07) is 4.92. The molecule has 1 fully saturated rings. The molecule has 0 spiro atoms. The van der Waals surface area contributed by atoms with Crippen molar-refractivity contribution in [2.24, 2.45) is 11.6 Å². The van der Waals surface area contributed by atoms with E-state index in [1.807, 2.05) is 0 Å². The molecule has 1 aliphatic rings. The zero-order valence-corrected chi connectivity index (χ0v) is 21.5. The zero-order chi connectivity index (χ0) is 29.9. The van der Waals surface area contributed by atoms with E-state index in [0.717, 1.165) is 12.6 Å². The number of nitrogens with one attached hydrogen (secondary N) is 3. The summed E-state index contributed by atoms with van der Waals surface area (Å²) in [5, 5.41) is 5.39. The predicted molar refractivity (Wildman–Crippen MR) is 132 cm³/mol. The highest BCUT2D eigenvalue weighted by Crippen LogP contribution is 2.32. The van der Waals surface area contributed by atoms with Crippen molar-refractivity contribution in [3.63, 3.8) is 0 Å². The lowest BCUT2D eigenvalue weighted by atomic mass is 9.97. The van der Waals surface area contributed by atoms with Gasteiger partial charge in [0.15, 0.2) is 0 Å². The third-order valence-corrected chi connectivity index (χ3v) is 5.76. The normalized spacial score (nSPS) is 15.4. The number of H-pyrrole nitrogens is 1. The summed E-state index contributed by atoms with van der Waals surface area (Å²) in [4.78, 5) is 30.9. The Balaban J connectivity index is 0.000000598. The Bertz CT molecular complexity index is 1140. The summed E-state index contributed by atoms with van der Waals surface area (Å²) in [5.74, 6) is 1.92. The zero-order valence-electron chi connectivity index (χ0n) is 21.5. The highest BCUT2D eigenvalue weighted by molar-refractivity contribution is 5.92. The van der Waals surface area contributed by atoms with Gasteiger partial charge >= 0.3 is 6.18 Å². The fourth-order valence-corrected chi connectivity index (χ4v) is 3.72. The van der Waals surface area contributed by atoms with Crippen molar-refractivity contribution in [1.82, 2.24) is 25.6 Å². The number of benzene rings is 1. The molecule has 1 aromatic heterocycles. The number of carbonyl (C=O) groups excluding carboxylic acids is 2. The number of amides is 2. The first kappa shape index (κ1) is 32.7. The third kappa shape index (κ3) is 11.7. The lowest BCUT2D eigenvalue weighted by molar-refractivity contribution is -0.144. The van der Waals surface area contributed by atoms with Crippen LogP contribution in [0.5, 0.6) is 0 Å². The summed E-state index contributed by atoms with van der Waals surface area (Å²) in [6.45, 7) is -0.938. The first-order valence-electron chi connectivity index (χ1n) is 12.4. The average Bonchev–Trinajstić information content (AvgIpc) is 3.27. The maximum absolute atomic E-state index is 12.4. The molecule has 2 amide bonds. The molecular weight excluding hydrogens is 551 g/mol. The van der Waals surface area contributed by atoms with Crippen LogP contribution >= 0.6 is 0 Å². The van der Waals surface area contributed by atoms with E-state index in [-0.39, 0.29) is 31.6 Å². The second kappa shape index (κ2) is 14.7. The van der Waals surface area contributed by atoms with Gasteiger partial charge in [-0.1, -0.05) is 12.5 Å². The fourth-order valence-electron chi connectivity index (χ4n) is 3.72. The number of hydrogen-bond acceptors (Lipinski definition) is 6. The Hall–Kier alpha value is -3.56. The summed E-state index contributed by atoms with van der Waals surface area (Å²) in [7, 11) is 0. The van der Waals surface area contributed by atoms with Gasteiger partial charge in [0.2, 0.25) is 11.8 Å². The maximum atomic E-state index is 12.4. The molecule has 1 aliphatic carbocycles. The van der Waals surface area contributed by atoms with Crippen LogP contribution < -0.4 is 22.2 Å². The number of carbonyl (C=O) groups is 2. The van der Waals surface area contributed by atoms with E-state index in [1.165, 1.54) is 0 Å². The first-order valence-corrected chi connectivity index (χ1v) is 12.4. The van der Waals surface area contributed by atoms with E-state index < -0.39 is 49.7 Å². The van der Waals surface area contributed by atoms with Gasteiger partial charge < -0.3 is 21.4 Å². The second-order valence-electron chi connectivity index (χ2n) is 9.12. The van der Waals surface area contributed by atoms with Crippen LogP contribution in [0.15, 0.2) is 30.1 Å². The number of alkyl halides is 7. The number of nitrogens with zero attached hydrogens (tertiary/aromatic N) is 2. The van der Waals surface area contributed by atoms with Crippen molar-refractivity contribution < 1.29 is 40.3 Å². The minimum atomic E-state index is -4.40. The van der Waals surface area contributed by atoms with Crippen molar-refractivity contribution in [3.8, 4) is 0 Å². The summed E-state index contributed by atoms with van der Waals surface area (Å²) in [6.07, 6.45) is -5.54. The van der Waals surface area contributed by atoms with Gasteiger partial charge in [-0.3, -0.25) is 14.6 Å². The van der Waals surface area contributed by atoms with E-state index in [1.54, 1.807) is 18.2 Å². The van der Waals surface area contributed by atoms with Crippen molar-refractivity contribution in [2.75, 3.05) is 6.54 Å². The molecule has 3 rings (SSSR count). The lowest BCUT2D eigenvalue weighted by Gasteiger charge is -2.20. The molecule has 1 aromatic carbocycles. The van der Waals surface area contributed by atoms with Crippen molar-refractivity contribution in [3.05, 3.63) is 41.5 Å². The quantitative estimate of drug-likeness (QED) is 0.124. The monoisotopic (exact) mass is 583 g/mol. The van der Waals surface area contributed by atoms with Gasteiger partial charge in [0.1, 0.15) is 11.5 Å². The Kier molecular flexibility index (Phi) is 12.0. The van der Waals surface area contributed by atoms with Crippen LogP contribution in [0.1, 0.15) is 56.3 Å². The topological polar surface area (TPSA) is 142 Å². The molecule has 0 radical (unpaired) electrons. The maximum Gasteiger partial charge on any atom is 0.389 e. The minimum absolute atomic E-state index is 0.0266. The van der Waals surface area contributed by atoms with E-state index in [0.29, 0.717) is 40.3 Å². The van der Waals surface area contributed by atoms with Crippen LogP contribution in [-0.4, -0.2) is 51.9 Å². The van der Waals surface area contributed by atoms with Crippen molar-refractivity contribution in [1.29, 1.82) is 0 Å². The molecule has 0 aliphatic heterocycles. The molecule has 0 unspecified atom stereocenters. The molecule has 224 valence electrons. The highest BCUT2D eigenvalue weighted by atomic mass is 19.4. The number of hydrogen-bond donors (Lipinski definition) is 5. The molecule has 0 atom stereocenters. The largest absolute Gasteiger partial charge is 0.403 e. The lowest BCUT2D eigenvalue weighted by Crippen LogP contribution is -2.42. The number of fused-ring (bicyclic) bond motifs is 1. The Morgan fingerprint density at radius 3 is 2.35 bits per heavy atom. The van der Waals surface area contributed by atoms with Gasteiger partial charge in [0.05, 0.1) is 30.5 Å². The number of aromatic nitrogens is 2. The molecule has 1 heterocycles. The Morgan fingerprint density at radius 1 is 1.12 bits per heavy atom. The number of halogens is 7. The van der Waals surface area contributed by atoms with Crippen LogP contribution in [0.3, 0.4) is 0 Å². The molecule has 1 saturated carbocycles. The minimum Gasteiger partial charge on any atom is -0.403 e. The number of imidazole rings is 1. The summed E-state index contributed by atoms with van der Waals surface area (Å²) >= 11 is 0. The van der Waals surface area contributed by atoms with Gasteiger partial charge in [-0.25, -0.2) is 28.4 Å². The van der Waals surface area contributed by atoms with E-state index in [4.69, 9.17) is 11.6 Å². The van der Waals surface area contributed by atoms with Gasteiger partial charge in [-0.05, 0) is 30.5 Å². The number of nitrogens with two attached hydrogens (primary N) is 2. The van der Waals surface area contributed by atoms with E-state index in [9.17, 15) is 40.3 Å². The van der Waals surface area contributed by atoms with Gasteiger partial charge in [0, 0.05) is 32.0 Å². The van der Waals surface area contributed by atoms with Crippen LogP contribution in [0.4, 0.5) is 30.7 Å². The Labute approximate surface area is 225 Å². The Morgan fingerprint density at radius 2 is 1.80 bits per heavy atom. The molecule has 9 nitrogen and oxygen atoms in total. The van der Waals surface area contributed by atoms with E-state index in [2.05, 4.69) is 20.6 Å². The second-order valence-corrected chi connectivity index (χ2v) is 9.12. The number of aromatic amines is 1. The first-order chi connectivity index (χ1) is 18.7. The van der Waals surface area contributed by atoms with E-state index >= 15 is 0 Å². The number of rotatable bonds is 10. The molecule has 2 aromatic rings. The molecule has 16 heteroatoms. The van der Waals surface area contributed by atoms with Gasteiger partial charge in [-0.15, -0.1) is 0 Å². The fraction of sp³-hybridized carbons (Fsp3) is 0.542. The molecule has 0 bridgehead atoms. The molecule has 40 heavy (non-hydrogen) atoms. The van der Waals surface area contributed by atoms with Gasteiger partial charge in [-0.2, -0.15) is 13.2 Å². The van der Waals surface area contributed by atoms with Crippen LogP contribution in [-0.2, 0) is 22.7 Å². The highest BCUT2D eigenvalue weighted by Gasteiger charge is 2.30. The SMILES string of the molecule is FC1(F)CCCCC1.N/C=C(/C(=O)NCc1nc2ccc(CNC(=O)CCC(F)(F)F)cc2[nH]1)N(N)CC(F)F. The van der Waals surface area contributed by atoms with Crippen LogP contribution in [0.2, 0.25) is 0 Å². The smallest absolute Gasteiger partial charge is 0.389 e. The standard InChI is InChI=1S/C18H22F5N7O2.C6H10F2/c19-14(20)9-30(25)13(6-24)17(32)27-8-15-28-11-2-1-10(5-12(11)29-15)7-26-16(31)3-4-18(21,22)23;7-6(8)4-2-1-3-5-6/h1-2,5-6,14H,3-4,7-9,24-25H2,(H,26,31)(H,27,32)(H,28,29);1-5H2/b13-6-;. The van der Waals surface area contributed by atoms with Crippen LogP contribution in [0, 0.1) is 0 Å².